The summed E-state index contributed by atoms with van der Waals surface area (Å²) in [6.07, 6.45) is 2.28. The monoisotopic (exact) mass is 280 g/mol. The van der Waals surface area contributed by atoms with Gasteiger partial charge >= 0.3 is 0 Å². The van der Waals surface area contributed by atoms with Crippen molar-refractivity contribution in [3.8, 4) is 0 Å². The van der Waals surface area contributed by atoms with Crippen LogP contribution < -0.4 is 16.6 Å². The number of hydrogen-bond acceptors (Lipinski definition) is 6. The summed E-state index contributed by atoms with van der Waals surface area (Å²) >= 11 is 0. The summed E-state index contributed by atoms with van der Waals surface area (Å²) in [6.45, 7) is 8.14. The lowest BCUT2D eigenvalue weighted by Crippen LogP contribution is -2.17. The fraction of sp³-hybridized carbons (Fsp3) is 0.714. The Morgan fingerprint density at radius 2 is 1.80 bits per heavy atom. The number of anilines is 2. The molecular formula is C14H28N6. The van der Waals surface area contributed by atoms with Gasteiger partial charge in [0.2, 0.25) is 0 Å². The molecule has 0 amide bonds. The van der Waals surface area contributed by atoms with Gasteiger partial charge in [-0.25, -0.2) is 15.8 Å². The minimum absolute atomic E-state index is 0.275. The molecule has 6 heteroatoms. The number of nitrogen functional groups attached to an aromatic ring is 1. The fourth-order valence-corrected chi connectivity index (χ4v) is 1.86. The van der Waals surface area contributed by atoms with Gasteiger partial charge in [0.25, 0.3) is 0 Å². The second kappa shape index (κ2) is 8.01. The minimum Gasteiger partial charge on any atom is -0.370 e. The minimum atomic E-state index is 0.275. The zero-order valence-corrected chi connectivity index (χ0v) is 13.3. The molecule has 1 aromatic heterocycles. The Morgan fingerprint density at radius 3 is 2.35 bits per heavy atom. The summed E-state index contributed by atoms with van der Waals surface area (Å²) in [5, 5.41) is 3.39. The summed E-state index contributed by atoms with van der Waals surface area (Å²) in [5.74, 6) is 8.17. The number of unbranched alkanes of at least 4 members (excludes halogenated alkanes) is 1. The van der Waals surface area contributed by atoms with Gasteiger partial charge in [-0.1, -0.05) is 13.8 Å². The van der Waals surface area contributed by atoms with Crippen LogP contribution in [0.5, 0.6) is 0 Å². The van der Waals surface area contributed by atoms with Gasteiger partial charge < -0.3 is 15.6 Å². The van der Waals surface area contributed by atoms with Crippen LogP contribution in [0.4, 0.5) is 11.6 Å². The first-order valence-corrected chi connectivity index (χ1v) is 7.19. The molecule has 0 unspecified atom stereocenters. The summed E-state index contributed by atoms with van der Waals surface area (Å²) in [5.41, 5.74) is 3.61. The van der Waals surface area contributed by atoms with Crippen LogP contribution in [0.3, 0.4) is 0 Å². The van der Waals surface area contributed by atoms with Gasteiger partial charge in [-0.15, -0.1) is 0 Å². The molecule has 4 N–H and O–H groups in total. The lowest BCUT2D eigenvalue weighted by molar-refractivity contribution is 0.396. The first kappa shape index (κ1) is 16.7. The number of nitrogens with two attached hydrogens (primary N) is 1. The van der Waals surface area contributed by atoms with Crippen molar-refractivity contribution >= 4 is 11.6 Å². The number of aromatic nitrogens is 2. The Labute approximate surface area is 122 Å². The highest BCUT2D eigenvalue weighted by Gasteiger charge is 2.12. The van der Waals surface area contributed by atoms with Gasteiger partial charge in [0.15, 0.2) is 0 Å². The molecule has 0 aromatic carbocycles. The van der Waals surface area contributed by atoms with Crippen molar-refractivity contribution in [3.63, 3.8) is 0 Å². The summed E-state index contributed by atoms with van der Waals surface area (Å²) < 4.78 is 0. The average molecular weight is 280 g/mol. The normalized spacial score (nSPS) is 11.2. The van der Waals surface area contributed by atoms with Gasteiger partial charge in [-0.05, 0) is 40.4 Å². The Bertz CT molecular complexity index is 416. The van der Waals surface area contributed by atoms with E-state index >= 15 is 0 Å². The van der Waals surface area contributed by atoms with Crippen molar-refractivity contribution in [1.29, 1.82) is 0 Å². The van der Waals surface area contributed by atoms with Crippen molar-refractivity contribution in [2.24, 2.45) is 5.84 Å². The standard InChI is InChI=1S/C14H28N6/c1-10(2)12-17-13(11(3)14(18-12)19-15)16-8-6-7-9-20(4)5/h10H,6-9,15H2,1-5H3,(H2,16,17,18,19). The third kappa shape index (κ3) is 4.94. The highest BCUT2D eigenvalue weighted by molar-refractivity contribution is 5.56. The lowest BCUT2D eigenvalue weighted by Gasteiger charge is -2.15. The highest BCUT2D eigenvalue weighted by atomic mass is 15.3. The third-order valence-electron chi connectivity index (χ3n) is 3.14. The van der Waals surface area contributed by atoms with Gasteiger partial charge in [0, 0.05) is 18.0 Å². The van der Waals surface area contributed by atoms with E-state index in [1.165, 1.54) is 6.42 Å². The van der Waals surface area contributed by atoms with Crippen LogP contribution in [0, 0.1) is 6.92 Å². The summed E-state index contributed by atoms with van der Waals surface area (Å²) in [6, 6.07) is 0. The number of hydrogen-bond donors (Lipinski definition) is 3. The zero-order chi connectivity index (χ0) is 15.1. The van der Waals surface area contributed by atoms with Crippen LogP contribution in [0.1, 0.15) is 44.0 Å². The number of nitrogens with one attached hydrogen (secondary N) is 2. The maximum Gasteiger partial charge on any atom is 0.148 e. The van der Waals surface area contributed by atoms with Crippen molar-refractivity contribution in [1.82, 2.24) is 14.9 Å². The van der Waals surface area contributed by atoms with E-state index in [0.29, 0.717) is 5.82 Å². The van der Waals surface area contributed by atoms with Crippen molar-refractivity contribution in [2.75, 3.05) is 37.9 Å². The maximum absolute atomic E-state index is 5.52. The third-order valence-corrected chi connectivity index (χ3v) is 3.14. The predicted molar refractivity (Wildman–Crippen MR) is 84.9 cm³/mol. The molecular weight excluding hydrogens is 252 g/mol. The van der Waals surface area contributed by atoms with Gasteiger partial charge in [-0.3, -0.25) is 0 Å². The highest BCUT2D eigenvalue weighted by Crippen LogP contribution is 2.22. The molecule has 0 radical (unpaired) electrons. The van der Waals surface area contributed by atoms with Crippen LogP contribution in [0.15, 0.2) is 0 Å². The molecule has 0 bridgehead atoms. The van der Waals surface area contributed by atoms with Crippen molar-refractivity contribution in [2.45, 2.75) is 39.5 Å². The molecule has 0 saturated carbocycles. The topological polar surface area (TPSA) is 79.1 Å². The van der Waals surface area contributed by atoms with E-state index in [0.717, 1.165) is 36.7 Å². The summed E-state index contributed by atoms with van der Waals surface area (Å²) in [4.78, 5) is 11.2. The smallest absolute Gasteiger partial charge is 0.148 e. The molecule has 0 aliphatic rings. The van der Waals surface area contributed by atoms with Gasteiger partial charge in [0.1, 0.15) is 17.5 Å². The predicted octanol–water partition coefficient (Wildman–Crippen LogP) is 1.95. The second-order valence-corrected chi connectivity index (χ2v) is 5.64. The van der Waals surface area contributed by atoms with E-state index in [2.05, 4.69) is 53.6 Å². The van der Waals surface area contributed by atoms with E-state index in [9.17, 15) is 0 Å². The van der Waals surface area contributed by atoms with Crippen molar-refractivity contribution in [3.05, 3.63) is 11.4 Å². The number of hydrazine groups is 1. The van der Waals surface area contributed by atoms with Crippen molar-refractivity contribution < 1.29 is 0 Å². The number of nitrogens with zero attached hydrogens (tertiary/aromatic N) is 3. The molecule has 1 heterocycles. The zero-order valence-electron chi connectivity index (χ0n) is 13.3. The SMILES string of the molecule is Cc1c(NN)nc(C(C)C)nc1NCCCCN(C)C. The Kier molecular flexibility index (Phi) is 6.67. The molecule has 20 heavy (non-hydrogen) atoms. The molecule has 114 valence electrons. The second-order valence-electron chi connectivity index (χ2n) is 5.64. The molecule has 0 atom stereocenters. The first-order valence-electron chi connectivity index (χ1n) is 7.19. The molecule has 1 aromatic rings. The van der Waals surface area contributed by atoms with Gasteiger partial charge in [-0.2, -0.15) is 0 Å². The van der Waals surface area contributed by atoms with Crippen LogP contribution in [0.2, 0.25) is 0 Å². The average Bonchev–Trinajstić information content (AvgIpc) is 2.39. The van der Waals surface area contributed by atoms with E-state index < -0.39 is 0 Å². The maximum atomic E-state index is 5.52. The Hall–Kier alpha value is -1.40. The molecule has 0 spiro atoms. The van der Waals surface area contributed by atoms with E-state index in [1.54, 1.807) is 0 Å². The molecule has 0 aliphatic carbocycles. The van der Waals surface area contributed by atoms with E-state index in [1.807, 2.05) is 6.92 Å². The molecule has 1 rings (SSSR count). The molecule has 0 saturated heterocycles. The van der Waals surface area contributed by atoms with Crippen LogP contribution in [0.25, 0.3) is 0 Å². The first-order chi connectivity index (χ1) is 9.45. The van der Waals surface area contributed by atoms with Gasteiger partial charge in [0.05, 0.1) is 0 Å². The Morgan fingerprint density at radius 1 is 1.15 bits per heavy atom. The molecule has 6 nitrogen and oxygen atoms in total. The Balaban J connectivity index is 2.66. The van der Waals surface area contributed by atoms with E-state index in [-0.39, 0.29) is 5.92 Å². The molecule has 0 fully saturated rings. The fourth-order valence-electron chi connectivity index (χ4n) is 1.86. The van der Waals surface area contributed by atoms with Crippen LogP contribution in [-0.2, 0) is 0 Å². The summed E-state index contributed by atoms with van der Waals surface area (Å²) in [7, 11) is 4.19. The largest absolute Gasteiger partial charge is 0.370 e. The molecule has 0 aliphatic heterocycles. The van der Waals surface area contributed by atoms with Crippen LogP contribution >= 0.6 is 0 Å². The van der Waals surface area contributed by atoms with Crippen LogP contribution in [-0.4, -0.2) is 42.1 Å². The quantitative estimate of drug-likeness (QED) is 0.384. The lowest BCUT2D eigenvalue weighted by atomic mass is 10.2. The van der Waals surface area contributed by atoms with E-state index in [4.69, 9.17) is 5.84 Å². The number of rotatable bonds is 8.